The van der Waals surface area contributed by atoms with Crippen molar-refractivity contribution in [3.63, 3.8) is 0 Å². The molecule has 2 aliphatic heterocycles. The number of fused-ring (bicyclic) bond motifs is 2. The van der Waals surface area contributed by atoms with Crippen LogP contribution in [0.15, 0.2) is 24.3 Å². The molecule has 1 amide bonds. The molecule has 0 unspecified atom stereocenters. The molecule has 1 aromatic carbocycles. The third-order valence-corrected chi connectivity index (χ3v) is 5.25. The largest absolute Gasteiger partial charge is 0.346 e. The van der Waals surface area contributed by atoms with Crippen LogP contribution >= 0.6 is 0 Å². The maximum absolute atomic E-state index is 12.6. The predicted octanol–water partition coefficient (Wildman–Crippen LogP) is 2.43. The van der Waals surface area contributed by atoms with Gasteiger partial charge in [-0.3, -0.25) is 19.8 Å². The number of nitrogens with zero attached hydrogens (tertiary/aromatic N) is 2. The number of para-hydroxylation sites is 1. The molecule has 2 aromatic rings. The molecule has 126 valence electrons. The standard InChI is InChI=1S/C17H20N4O3/c22-17(19-12-7-9-20-8-2-1-5-14(12)20)13-10-11-4-3-6-15(21(23)24)16(11)18-13/h3-4,6,10,12,14,18H,1-2,5,7-9H2,(H,19,22)/t12-,14+/m0/s1. The van der Waals surface area contributed by atoms with Crippen molar-refractivity contribution in [3.05, 3.63) is 40.1 Å². The number of aromatic amines is 1. The fourth-order valence-electron chi connectivity index (χ4n) is 4.08. The molecule has 2 saturated heterocycles. The number of non-ortho nitro benzene ring substituents is 1. The number of nitrogens with one attached hydrogen (secondary N) is 2. The quantitative estimate of drug-likeness (QED) is 0.669. The number of piperidine rings is 1. The van der Waals surface area contributed by atoms with E-state index in [0.717, 1.165) is 25.9 Å². The van der Waals surface area contributed by atoms with E-state index < -0.39 is 4.92 Å². The van der Waals surface area contributed by atoms with Gasteiger partial charge in [-0.05, 0) is 31.9 Å². The zero-order valence-electron chi connectivity index (χ0n) is 13.3. The Bertz CT molecular complexity index is 800. The summed E-state index contributed by atoms with van der Waals surface area (Å²) in [6.07, 6.45) is 4.55. The lowest BCUT2D eigenvalue weighted by molar-refractivity contribution is -0.383. The first-order valence-corrected chi connectivity index (χ1v) is 8.44. The maximum atomic E-state index is 12.6. The second kappa shape index (κ2) is 5.90. The van der Waals surface area contributed by atoms with Crippen molar-refractivity contribution < 1.29 is 9.72 Å². The number of carbonyl (C=O) groups excluding carboxylic acids is 1. The summed E-state index contributed by atoms with van der Waals surface area (Å²) in [6.45, 7) is 2.16. The first-order chi connectivity index (χ1) is 11.6. The topological polar surface area (TPSA) is 91.3 Å². The van der Waals surface area contributed by atoms with Gasteiger partial charge in [0, 0.05) is 30.1 Å². The summed E-state index contributed by atoms with van der Waals surface area (Å²) in [7, 11) is 0. The second-order valence-electron chi connectivity index (χ2n) is 6.65. The highest BCUT2D eigenvalue weighted by Crippen LogP contribution is 2.28. The fraction of sp³-hybridized carbons (Fsp3) is 0.471. The summed E-state index contributed by atoms with van der Waals surface area (Å²) >= 11 is 0. The van der Waals surface area contributed by atoms with Crippen LogP contribution in [0.5, 0.6) is 0 Å². The number of amides is 1. The van der Waals surface area contributed by atoms with Gasteiger partial charge in [0.15, 0.2) is 0 Å². The Hall–Kier alpha value is -2.41. The number of carbonyl (C=O) groups is 1. The van der Waals surface area contributed by atoms with E-state index in [4.69, 9.17) is 0 Å². The van der Waals surface area contributed by atoms with Gasteiger partial charge in [-0.2, -0.15) is 0 Å². The Morgan fingerprint density at radius 2 is 2.17 bits per heavy atom. The Morgan fingerprint density at radius 3 is 3.00 bits per heavy atom. The summed E-state index contributed by atoms with van der Waals surface area (Å²) < 4.78 is 0. The van der Waals surface area contributed by atoms with Crippen molar-refractivity contribution in [1.82, 2.24) is 15.2 Å². The highest BCUT2D eigenvalue weighted by molar-refractivity contribution is 6.00. The lowest BCUT2D eigenvalue weighted by atomic mass is 9.99. The number of aromatic nitrogens is 1. The molecule has 4 rings (SSSR count). The molecule has 7 nitrogen and oxygen atoms in total. The molecule has 24 heavy (non-hydrogen) atoms. The number of rotatable bonds is 3. The zero-order chi connectivity index (χ0) is 16.7. The molecule has 2 atom stereocenters. The number of benzene rings is 1. The molecule has 0 saturated carbocycles. The Labute approximate surface area is 139 Å². The smallest absolute Gasteiger partial charge is 0.293 e. The maximum Gasteiger partial charge on any atom is 0.293 e. The Balaban J connectivity index is 1.55. The molecule has 3 heterocycles. The van der Waals surface area contributed by atoms with Crippen LogP contribution in [0.1, 0.15) is 36.2 Å². The van der Waals surface area contributed by atoms with Gasteiger partial charge in [0.2, 0.25) is 0 Å². The van der Waals surface area contributed by atoms with Crippen LogP contribution in [0.3, 0.4) is 0 Å². The summed E-state index contributed by atoms with van der Waals surface area (Å²) in [4.78, 5) is 28.7. The van der Waals surface area contributed by atoms with E-state index in [1.807, 2.05) is 0 Å². The molecule has 0 bridgehead atoms. The molecular weight excluding hydrogens is 308 g/mol. The van der Waals surface area contributed by atoms with Crippen LogP contribution in [0.4, 0.5) is 5.69 Å². The number of nitro groups is 1. The van der Waals surface area contributed by atoms with Crippen molar-refractivity contribution >= 4 is 22.5 Å². The Kier molecular flexibility index (Phi) is 3.72. The highest BCUT2D eigenvalue weighted by Gasteiger charge is 2.36. The van der Waals surface area contributed by atoms with E-state index in [0.29, 0.717) is 22.6 Å². The zero-order valence-corrected chi connectivity index (χ0v) is 13.3. The average Bonchev–Trinajstić information content (AvgIpc) is 3.18. The lowest BCUT2D eigenvalue weighted by Gasteiger charge is -2.32. The summed E-state index contributed by atoms with van der Waals surface area (Å²) in [5.74, 6) is -0.182. The first-order valence-electron chi connectivity index (χ1n) is 8.44. The lowest BCUT2D eigenvalue weighted by Crippen LogP contribution is -2.46. The normalized spacial score (nSPS) is 24.0. The van der Waals surface area contributed by atoms with Gasteiger partial charge in [0.25, 0.3) is 11.6 Å². The molecular formula is C17H20N4O3. The summed E-state index contributed by atoms with van der Waals surface area (Å²) in [5, 5.41) is 14.9. The van der Waals surface area contributed by atoms with E-state index >= 15 is 0 Å². The fourth-order valence-corrected chi connectivity index (χ4v) is 4.08. The molecule has 0 spiro atoms. The monoisotopic (exact) mass is 328 g/mol. The molecule has 2 fully saturated rings. The number of H-pyrrole nitrogens is 1. The van der Waals surface area contributed by atoms with E-state index in [9.17, 15) is 14.9 Å². The van der Waals surface area contributed by atoms with Crippen molar-refractivity contribution in [2.24, 2.45) is 0 Å². The van der Waals surface area contributed by atoms with E-state index in [1.54, 1.807) is 18.2 Å². The average molecular weight is 328 g/mol. The van der Waals surface area contributed by atoms with E-state index in [1.165, 1.54) is 18.9 Å². The minimum atomic E-state index is -0.433. The molecule has 1 aromatic heterocycles. The first kappa shape index (κ1) is 15.1. The molecule has 0 aliphatic carbocycles. The van der Waals surface area contributed by atoms with Gasteiger partial charge >= 0.3 is 0 Å². The molecule has 2 N–H and O–H groups in total. The SMILES string of the molecule is O=C(N[C@H]1CCN2CCCC[C@H]12)c1cc2cccc([N+](=O)[O-])c2[nH]1. The summed E-state index contributed by atoms with van der Waals surface area (Å²) in [5.41, 5.74) is 0.776. The van der Waals surface area contributed by atoms with Crippen LogP contribution < -0.4 is 5.32 Å². The van der Waals surface area contributed by atoms with Crippen LogP contribution in [0, 0.1) is 10.1 Å². The van der Waals surface area contributed by atoms with E-state index in [-0.39, 0.29) is 17.6 Å². The molecule has 0 radical (unpaired) electrons. The van der Waals surface area contributed by atoms with Crippen molar-refractivity contribution in [1.29, 1.82) is 0 Å². The van der Waals surface area contributed by atoms with Crippen molar-refractivity contribution in [3.8, 4) is 0 Å². The van der Waals surface area contributed by atoms with Gasteiger partial charge in [-0.25, -0.2) is 0 Å². The van der Waals surface area contributed by atoms with Crippen LogP contribution in [-0.4, -0.2) is 45.9 Å². The minimum Gasteiger partial charge on any atom is -0.346 e. The minimum absolute atomic E-state index is 0.00845. The van der Waals surface area contributed by atoms with Crippen molar-refractivity contribution in [2.45, 2.75) is 37.8 Å². The molecule has 7 heteroatoms. The van der Waals surface area contributed by atoms with Crippen LogP contribution in [0.2, 0.25) is 0 Å². The number of hydrogen-bond acceptors (Lipinski definition) is 4. The summed E-state index contributed by atoms with van der Waals surface area (Å²) in [6, 6.07) is 7.13. The van der Waals surface area contributed by atoms with Gasteiger partial charge in [0.1, 0.15) is 11.2 Å². The van der Waals surface area contributed by atoms with Gasteiger partial charge in [0.05, 0.1) is 4.92 Å². The Morgan fingerprint density at radius 1 is 1.29 bits per heavy atom. The second-order valence-corrected chi connectivity index (χ2v) is 6.65. The highest BCUT2D eigenvalue weighted by atomic mass is 16.6. The third-order valence-electron chi connectivity index (χ3n) is 5.25. The predicted molar refractivity (Wildman–Crippen MR) is 90.0 cm³/mol. The van der Waals surface area contributed by atoms with Gasteiger partial charge < -0.3 is 10.3 Å². The van der Waals surface area contributed by atoms with Crippen molar-refractivity contribution in [2.75, 3.05) is 13.1 Å². The number of hydrogen-bond donors (Lipinski definition) is 2. The van der Waals surface area contributed by atoms with Gasteiger partial charge in [-0.15, -0.1) is 0 Å². The van der Waals surface area contributed by atoms with E-state index in [2.05, 4.69) is 15.2 Å². The third kappa shape index (κ3) is 2.54. The van der Waals surface area contributed by atoms with Crippen LogP contribution in [0.25, 0.3) is 10.9 Å². The number of nitro benzene ring substituents is 1. The molecule has 2 aliphatic rings. The van der Waals surface area contributed by atoms with Gasteiger partial charge in [-0.1, -0.05) is 18.6 Å². The van der Waals surface area contributed by atoms with Crippen LogP contribution in [-0.2, 0) is 0 Å².